The van der Waals surface area contributed by atoms with E-state index in [4.69, 9.17) is 26.8 Å². The second-order valence-electron chi connectivity index (χ2n) is 8.75. The molecule has 1 heterocycles. The van der Waals surface area contributed by atoms with Crippen LogP contribution in [-0.4, -0.2) is 61.3 Å². The van der Waals surface area contributed by atoms with Gasteiger partial charge in [0, 0.05) is 20.6 Å². The zero-order chi connectivity index (χ0) is 25.6. The Hall–Kier alpha value is -2.20. The third kappa shape index (κ3) is 8.92. The molecule has 1 amide bonds. The Labute approximate surface area is 197 Å². The molecule has 1 aromatic carbocycles. The Kier molecular flexibility index (Phi) is 10.3. The molecule has 1 aromatic rings. The molecule has 1 saturated heterocycles. The largest absolute Gasteiger partial charge is 0.462 e. The molecule has 2 N–H and O–H groups in total. The van der Waals surface area contributed by atoms with Crippen molar-refractivity contribution in [2.75, 3.05) is 39.5 Å². The number of rotatable bonds is 4. The van der Waals surface area contributed by atoms with E-state index in [0.29, 0.717) is 13.1 Å². The van der Waals surface area contributed by atoms with E-state index in [1.807, 2.05) is 25.7 Å². The summed E-state index contributed by atoms with van der Waals surface area (Å²) in [5.41, 5.74) is 3.84. The van der Waals surface area contributed by atoms with Crippen LogP contribution in [0.15, 0.2) is 6.07 Å². The number of anilines is 1. The SMILES string of the molecule is CCOC(=O)c1cc(C(F)(F)F)c(CN2CCCC2)c(Cl)c1N.CN(C)C(=O)OC(C)(C)C. The molecule has 7 nitrogen and oxygen atoms in total. The number of likely N-dealkylation sites (tertiary alicyclic amines) is 1. The van der Waals surface area contributed by atoms with Crippen LogP contribution in [0.1, 0.15) is 62.0 Å². The van der Waals surface area contributed by atoms with Crippen molar-refractivity contribution < 1.29 is 32.2 Å². The summed E-state index contributed by atoms with van der Waals surface area (Å²) in [5, 5.41) is -0.227. The van der Waals surface area contributed by atoms with Gasteiger partial charge in [-0.3, -0.25) is 4.90 Å². The van der Waals surface area contributed by atoms with E-state index in [-0.39, 0.29) is 46.7 Å². The predicted molar refractivity (Wildman–Crippen MR) is 121 cm³/mol. The van der Waals surface area contributed by atoms with Crippen molar-refractivity contribution in [3.63, 3.8) is 0 Å². The molecule has 0 unspecified atom stereocenters. The van der Waals surface area contributed by atoms with Gasteiger partial charge in [0.1, 0.15) is 5.60 Å². The summed E-state index contributed by atoms with van der Waals surface area (Å²) in [6, 6.07) is 0.741. The van der Waals surface area contributed by atoms with Crippen molar-refractivity contribution in [3.05, 3.63) is 27.8 Å². The minimum absolute atomic E-state index is 0.0345. The lowest BCUT2D eigenvalue weighted by atomic mass is 10.0. The minimum Gasteiger partial charge on any atom is -0.462 e. The number of hydrogen-bond acceptors (Lipinski definition) is 6. The normalized spacial score (nSPS) is 14.4. The average molecular weight is 496 g/mol. The molecule has 0 spiro atoms. The molecule has 0 bridgehead atoms. The van der Waals surface area contributed by atoms with Crippen LogP contribution in [0.4, 0.5) is 23.7 Å². The molecular weight excluding hydrogens is 463 g/mol. The molecule has 11 heteroatoms. The van der Waals surface area contributed by atoms with Crippen molar-refractivity contribution in [1.29, 1.82) is 0 Å². The van der Waals surface area contributed by atoms with Crippen molar-refractivity contribution in [3.8, 4) is 0 Å². The molecule has 0 saturated carbocycles. The number of carbonyl (C=O) groups is 2. The van der Waals surface area contributed by atoms with Gasteiger partial charge < -0.3 is 20.1 Å². The fourth-order valence-corrected chi connectivity index (χ4v) is 3.27. The van der Waals surface area contributed by atoms with Gasteiger partial charge in [0.15, 0.2) is 0 Å². The minimum atomic E-state index is -4.63. The van der Waals surface area contributed by atoms with Crippen LogP contribution in [0.2, 0.25) is 5.02 Å². The molecule has 0 radical (unpaired) electrons. The number of hydrogen-bond donors (Lipinski definition) is 1. The molecule has 0 aliphatic carbocycles. The summed E-state index contributed by atoms with van der Waals surface area (Å²) in [5.74, 6) is -0.912. The number of halogens is 4. The third-order valence-corrected chi connectivity index (χ3v) is 4.98. The molecule has 2 rings (SSSR count). The number of alkyl halides is 3. The van der Waals surface area contributed by atoms with Gasteiger partial charge in [-0.2, -0.15) is 13.2 Å². The highest BCUT2D eigenvalue weighted by Gasteiger charge is 2.37. The van der Waals surface area contributed by atoms with Crippen LogP contribution in [0, 0.1) is 0 Å². The van der Waals surface area contributed by atoms with Crippen molar-refractivity contribution in [1.82, 2.24) is 9.80 Å². The monoisotopic (exact) mass is 495 g/mol. The highest BCUT2D eigenvalue weighted by atomic mass is 35.5. The number of esters is 1. The summed E-state index contributed by atoms with van der Waals surface area (Å²) in [4.78, 5) is 26.0. The van der Waals surface area contributed by atoms with E-state index < -0.39 is 17.7 Å². The number of nitrogen functional groups attached to an aromatic ring is 1. The lowest BCUT2D eigenvalue weighted by Gasteiger charge is -2.22. The molecule has 0 aromatic heterocycles. The lowest BCUT2D eigenvalue weighted by Crippen LogP contribution is -2.31. The van der Waals surface area contributed by atoms with Gasteiger partial charge in [0.2, 0.25) is 0 Å². The first kappa shape index (κ1) is 28.8. The number of nitrogens with two attached hydrogens (primary N) is 1. The Morgan fingerprint density at radius 1 is 1.18 bits per heavy atom. The van der Waals surface area contributed by atoms with E-state index in [1.165, 1.54) is 4.90 Å². The zero-order valence-corrected chi connectivity index (χ0v) is 20.7. The average Bonchev–Trinajstić information content (AvgIpc) is 3.17. The van der Waals surface area contributed by atoms with E-state index in [1.54, 1.807) is 21.0 Å². The number of benzene rings is 1. The van der Waals surface area contributed by atoms with Gasteiger partial charge >= 0.3 is 18.2 Å². The first-order valence-electron chi connectivity index (χ1n) is 10.6. The number of carbonyl (C=O) groups excluding carboxylic acids is 2. The number of ether oxygens (including phenoxy) is 2. The summed E-state index contributed by atoms with van der Waals surface area (Å²) in [7, 11) is 3.32. The maximum atomic E-state index is 13.4. The highest BCUT2D eigenvalue weighted by molar-refractivity contribution is 6.34. The summed E-state index contributed by atoms with van der Waals surface area (Å²) < 4.78 is 49.9. The maximum absolute atomic E-state index is 13.4. The zero-order valence-electron chi connectivity index (χ0n) is 19.9. The maximum Gasteiger partial charge on any atom is 0.416 e. The highest BCUT2D eigenvalue weighted by Crippen LogP contribution is 2.40. The molecule has 33 heavy (non-hydrogen) atoms. The summed E-state index contributed by atoms with van der Waals surface area (Å²) in [6.07, 6.45) is -3.05. The smallest absolute Gasteiger partial charge is 0.416 e. The van der Waals surface area contributed by atoms with Crippen LogP contribution >= 0.6 is 11.6 Å². The van der Waals surface area contributed by atoms with Crippen LogP contribution < -0.4 is 5.73 Å². The predicted octanol–water partition coefficient (Wildman–Crippen LogP) is 5.20. The molecule has 1 aliphatic rings. The molecule has 0 atom stereocenters. The quantitative estimate of drug-likeness (QED) is 0.456. The molecule has 188 valence electrons. The Morgan fingerprint density at radius 3 is 2.12 bits per heavy atom. The van der Waals surface area contributed by atoms with E-state index in [0.717, 1.165) is 18.9 Å². The van der Waals surface area contributed by atoms with Gasteiger partial charge in [-0.1, -0.05) is 11.6 Å². The van der Waals surface area contributed by atoms with Gasteiger partial charge in [-0.15, -0.1) is 0 Å². The topological polar surface area (TPSA) is 85.1 Å². The van der Waals surface area contributed by atoms with E-state index in [2.05, 4.69) is 0 Å². The second kappa shape index (κ2) is 11.8. The third-order valence-electron chi connectivity index (χ3n) is 4.55. The first-order valence-corrected chi connectivity index (χ1v) is 10.9. The van der Waals surface area contributed by atoms with Gasteiger partial charge in [0.05, 0.1) is 28.4 Å². The summed E-state index contributed by atoms with van der Waals surface area (Å²) >= 11 is 6.07. The first-order chi connectivity index (χ1) is 15.1. The molecule has 1 aliphatic heterocycles. The Bertz CT molecular complexity index is 834. The van der Waals surface area contributed by atoms with Crippen LogP contribution in [-0.2, 0) is 22.2 Å². The Balaban J connectivity index is 0.000000461. The Morgan fingerprint density at radius 2 is 1.73 bits per heavy atom. The van der Waals surface area contributed by atoms with Crippen LogP contribution in [0.5, 0.6) is 0 Å². The number of nitrogens with zero attached hydrogens (tertiary/aromatic N) is 2. The van der Waals surface area contributed by atoms with Crippen molar-refractivity contribution in [2.24, 2.45) is 0 Å². The molecular formula is C22H33ClF3N3O4. The van der Waals surface area contributed by atoms with Gasteiger partial charge in [0.25, 0.3) is 0 Å². The standard InChI is InChI=1S/C15H18ClF3N2O2.C7H15NO2/c1-2-23-14(22)9-7-11(15(17,18)19)10(12(16)13(9)20)8-21-5-3-4-6-21;1-7(2,3)10-6(9)8(4)5/h7H,2-6,8,20H2,1H3;1-5H3. The van der Waals surface area contributed by atoms with Crippen LogP contribution in [0.25, 0.3) is 0 Å². The fraction of sp³-hybridized carbons (Fsp3) is 0.636. The van der Waals surface area contributed by atoms with Crippen molar-refractivity contribution >= 4 is 29.4 Å². The van der Waals surface area contributed by atoms with Crippen molar-refractivity contribution in [2.45, 2.75) is 58.9 Å². The molecule has 1 fully saturated rings. The van der Waals surface area contributed by atoms with Gasteiger partial charge in [-0.05, 0) is 65.3 Å². The van der Waals surface area contributed by atoms with E-state index >= 15 is 0 Å². The van der Waals surface area contributed by atoms with E-state index in [9.17, 15) is 22.8 Å². The van der Waals surface area contributed by atoms with Gasteiger partial charge in [-0.25, -0.2) is 9.59 Å². The fourth-order valence-electron chi connectivity index (χ4n) is 3.01. The lowest BCUT2D eigenvalue weighted by molar-refractivity contribution is -0.138. The number of amides is 1. The summed E-state index contributed by atoms with van der Waals surface area (Å²) in [6.45, 7) is 8.60. The van der Waals surface area contributed by atoms with Crippen LogP contribution in [0.3, 0.4) is 0 Å². The second-order valence-corrected chi connectivity index (χ2v) is 9.13.